The number of aliphatic carboxylic acids is 1. The molecule has 0 radical (unpaired) electrons. The summed E-state index contributed by atoms with van der Waals surface area (Å²) >= 11 is 0. The number of rotatable bonds is 5. The lowest BCUT2D eigenvalue weighted by atomic mass is 9.95. The van der Waals surface area contributed by atoms with Crippen LogP contribution in [-0.2, 0) is 17.8 Å². The second-order valence-corrected chi connectivity index (χ2v) is 4.75. The zero-order valence-electron chi connectivity index (χ0n) is 11.1. The Hall–Kier alpha value is -1.92. The Kier molecular flexibility index (Phi) is 4.70. The van der Waals surface area contributed by atoms with Gasteiger partial charge >= 0.3 is 5.97 Å². The van der Waals surface area contributed by atoms with Crippen molar-refractivity contribution in [3.05, 3.63) is 34.9 Å². The van der Waals surface area contributed by atoms with Crippen molar-refractivity contribution < 1.29 is 19.8 Å². The number of carbonyl (C=O) groups excluding carboxylic acids is 1. The van der Waals surface area contributed by atoms with Gasteiger partial charge < -0.3 is 20.8 Å². The second kappa shape index (κ2) is 6.49. The van der Waals surface area contributed by atoms with Gasteiger partial charge in [0.1, 0.15) is 6.04 Å². The van der Waals surface area contributed by atoms with Crippen LogP contribution in [0.2, 0.25) is 0 Å². The number of nitrogens with one attached hydrogen (secondary N) is 2. The highest BCUT2D eigenvalue weighted by atomic mass is 16.4. The number of aliphatic hydroxyl groups is 1. The summed E-state index contributed by atoms with van der Waals surface area (Å²) in [6.45, 7) is 1.24. The zero-order valence-corrected chi connectivity index (χ0v) is 11.1. The first-order chi connectivity index (χ1) is 9.63. The van der Waals surface area contributed by atoms with Gasteiger partial charge in [-0.05, 0) is 30.2 Å². The van der Waals surface area contributed by atoms with E-state index < -0.39 is 17.9 Å². The third-order valence-corrected chi connectivity index (χ3v) is 3.41. The molecule has 1 atom stereocenters. The number of fused-ring (bicyclic) bond motifs is 1. The van der Waals surface area contributed by atoms with Gasteiger partial charge in [-0.25, -0.2) is 4.79 Å². The number of hydrogen-bond acceptors (Lipinski definition) is 4. The molecule has 0 aliphatic carbocycles. The van der Waals surface area contributed by atoms with E-state index in [9.17, 15) is 9.59 Å². The van der Waals surface area contributed by atoms with E-state index in [4.69, 9.17) is 10.2 Å². The fourth-order valence-electron chi connectivity index (χ4n) is 2.37. The van der Waals surface area contributed by atoms with Crippen LogP contribution in [0.3, 0.4) is 0 Å². The molecule has 0 saturated heterocycles. The number of carboxylic acids is 1. The van der Waals surface area contributed by atoms with Crippen molar-refractivity contribution in [3.63, 3.8) is 0 Å². The van der Waals surface area contributed by atoms with Gasteiger partial charge in [-0.1, -0.05) is 12.1 Å². The van der Waals surface area contributed by atoms with Gasteiger partial charge in [0.2, 0.25) is 0 Å². The first-order valence-corrected chi connectivity index (χ1v) is 6.59. The summed E-state index contributed by atoms with van der Waals surface area (Å²) in [6.07, 6.45) is 0.744. The van der Waals surface area contributed by atoms with E-state index in [-0.39, 0.29) is 13.0 Å². The van der Waals surface area contributed by atoms with Crippen molar-refractivity contribution in [1.29, 1.82) is 0 Å². The van der Waals surface area contributed by atoms with E-state index in [0.717, 1.165) is 30.6 Å². The maximum absolute atomic E-state index is 12.2. The normalized spacial score (nSPS) is 15.2. The molecule has 1 amide bonds. The number of aliphatic hydroxyl groups excluding tert-OH is 1. The lowest BCUT2D eigenvalue weighted by molar-refractivity contribution is -0.139. The summed E-state index contributed by atoms with van der Waals surface area (Å²) in [5.41, 5.74) is 2.56. The van der Waals surface area contributed by atoms with Crippen molar-refractivity contribution >= 4 is 11.9 Å². The Bertz CT molecular complexity index is 516. The predicted octanol–water partition coefficient (Wildman–Crippen LogP) is -0.102. The van der Waals surface area contributed by atoms with Crippen LogP contribution in [0.1, 0.15) is 27.9 Å². The fraction of sp³-hybridized carbons (Fsp3) is 0.429. The zero-order chi connectivity index (χ0) is 14.5. The number of amides is 1. The van der Waals surface area contributed by atoms with Crippen molar-refractivity contribution in [2.45, 2.75) is 25.4 Å². The van der Waals surface area contributed by atoms with E-state index >= 15 is 0 Å². The van der Waals surface area contributed by atoms with Gasteiger partial charge in [-0.3, -0.25) is 4.79 Å². The summed E-state index contributed by atoms with van der Waals surface area (Å²) in [7, 11) is 0. The van der Waals surface area contributed by atoms with Gasteiger partial charge in [-0.2, -0.15) is 0 Å². The van der Waals surface area contributed by atoms with Gasteiger partial charge in [0.05, 0.1) is 0 Å². The van der Waals surface area contributed by atoms with Crippen LogP contribution in [0.5, 0.6) is 0 Å². The molecule has 1 aliphatic heterocycles. The van der Waals surface area contributed by atoms with E-state index in [0.29, 0.717) is 5.56 Å². The SMILES string of the molecule is O=C(N[C@H](CCO)C(=O)O)c1cccc2c1CCNC2. The highest BCUT2D eigenvalue weighted by molar-refractivity contribution is 5.98. The minimum absolute atomic E-state index is 0.00233. The van der Waals surface area contributed by atoms with Crippen LogP contribution in [0.4, 0.5) is 0 Å². The van der Waals surface area contributed by atoms with E-state index in [1.807, 2.05) is 6.07 Å². The van der Waals surface area contributed by atoms with Gasteiger partial charge in [0.25, 0.3) is 5.91 Å². The van der Waals surface area contributed by atoms with Crippen LogP contribution in [0.25, 0.3) is 0 Å². The maximum Gasteiger partial charge on any atom is 0.326 e. The summed E-state index contributed by atoms with van der Waals surface area (Å²) in [5.74, 6) is -1.54. The summed E-state index contributed by atoms with van der Waals surface area (Å²) in [5, 5.41) is 23.5. The summed E-state index contributed by atoms with van der Waals surface area (Å²) in [4.78, 5) is 23.2. The Morgan fingerprint density at radius 1 is 1.40 bits per heavy atom. The first kappa shape index (κ1) is 14.5. The molecule has 20 heavy (non-hydrogen) atoms. The molecule has 0 fully saturated rings. The van der Waals surface area contributed by atoms with Crippen molar-refractivity contribution in [3.8, 4) is 0 Å². The van der Waals surface area contributed by atoms with Gasteiger partial charge in [-0.15, -0.1) is 0 Å². The average Bonchev–Trinajstić information content (AvgIpc) is 2.46. The van der Waals surface area contributed by atoms with E-state index in [1.54, 1.807) is 12.1 Å². The number of carbonyl (C=O) groups is 2. The largest absolute Gasteiger partial charge is 0.480 e. The third-order valence-electron chi connectivity index (χ3n) is 3.41. The monoisotopic (exact) mass is 278 g/mol. The minimum atomic E-state index is -1.14. The third kappa shape index (κ3) is 3.15. The number of benzene rings is 1. The summed E-state index contributed by atoms with van der Waals surface area (Å²) in [6, 6.07) is 4.39. The first-order valence-electron chi connectivity index (χ1n) is 6.59. The molecule has 4 N–H and O–H groups in total. The Morgan fingerprint density at radius 3 is 2.90 bits per heavy atom. The molecule has 1 heterocycles. The van der Waals surface area contributed by atoms with Crippen LogP contribution in [-0.4, -0.2) is 41.3 Å². The quantitative estimate of drug-likeness (QED) is 0.603. The maximum atomic E-state index is 12.2. The molecule has 1 aromatic rings. The van der Waals surface area contributed by atoms with E-state index in [1.165, 1.54) is 0 Å². The van der Waals surface area contributed by atoms with Gasteiger partial charge in [0.15, 0.2) is 0 Å². The lowest BCUT2D eigenvalue weighted by Crippen LogP contribution is -2.42. The lowest BCUT2D eigenvalue weighted by Gasteiger charge is -2.21. The molecule has 6 nitrogen and oxygen atoms in total. The van der Waals surface area contributed by atoms with Crippen LogP contribution >= 0.6 is 0 Å². The predicted molar refractivity (Wildman–Crippen MR) is 72.4 cm³/mol. The van der Waals surface area contributed by atoms with Crippen molar-refractivity contribution in [2.24, 2.45) is 0 Å². The topological polar surface area (TPSA) is 98.7 Å². The van der Waals surface area contributed by atoms with Crippen molar-refractivity contribution in [1.82, 2.24) is 10.6 Å². The molecular weight excluding hydrogens is 260 g/mol. The Morgan fingerprint density at radius 2 is 2.20 bits per heavy atom. The van der Waals surface area contributed by atoms with E-state index in [2.05, 4.69) is 10.6 Å². The molecule has 2 rings (SSSR count). The molecule has 0 bridgehead atoms. The highest BCUT2D eigenvalue weighted by Crippen LogP contribution is 2.18. The average molecular weight is 278 g/mol. The molecule has 0 saturated carbocycles. The highest BCUT2D eigenvalue weighted by Gasteiger charge is 2.23. The number of carboxylic acid groups (broad SMARTS) is 1. The standard InChI is InChI=1S/C14H18N2O4/c17-7-5-12(14(19)20)16-13(18)11-3-1-2-9-8-15-6-4-10(9)11/h1-3,12,15,17H,4-8H2,(H,16,18)(H,19,20)/t12-/m1/s1. The molecule has 6 heteroatoms. The minimum Gasteiger partial charge on any atom is -0.480 e. The Balaban J connectivity index is 2.19. The van der Waals surface area contributed by atoms with Crippen LogP contribution < -0.4 is 10.6 Å². The smallest absolute Gasteiger partial charge is 0.326 e. The summed E-state index contributed by atoms with van der Waals surface area (Å²) < 4.78 is 0. The van der Waals surface area contributed by atoms with Crippen LogP contribution in [0, 0.1) is 0 Å². The van der Waals surface area contributed by atoms with Crippen LogP contribution in [0.15, 0.2) is 18.2 Å². The molecule has 108 valence electrons. The fourth-order valence-corrected chi connectivity index (χ4v) is 2.37. The Labute approximate surface area is 116 Å². The van der Waals surface area contributed by atoms with Gasteiger partial charge in [0, 0.05) is 25.1 Å². The molecule has 0 spiro atoms. The molecule has 0 unspecified atom stereocenters. The molecule has 0 aromatic heterocycles. The molecular formula is C14H18N2O4. The molecule has 1 aliphatic rings. The molecule has 1 aromatic carbocycles. The second-order valence-electron chi connectivity index (χ2n) is 4.75. The number of hydrogen-bond donors (Lipinski definition) is 4. The van der Waals surface area contributed by atoms with Crippen molar-refractivity contribution in [2.75, 3.05) is 13.2 Å².